The normalized spacial score (nSPS) is 12.3. The van der Waals surface area contributed by atoms with Crippen molar-refractivity contribution in [3.8, 4) is 5.75 Å². The van der Waals surface area contributed by atoms with Gasteiger partial charge in [-0.3, -0.25) is 0 Å². The Morgan fingerprint density at radius 3 is 2.15 bits per heavy atom. The number of hydrogen-bond donors (Lipinski definition) is 2. The molecule has 0 heterocycles. The number of carbonyl (C=O) groups excluding carboxylic acids is 1. The highest BCUT2D eigenvalue weighted by Crippen LogP contribution is 2.21. The van der Waals surface area contributed by atoms with Crippen LogP contribution in [-0.2, 0) is 17.6 Å². The third-order valence-corrected chi connectivity index (χ3v) is 5.55. The van der Waals surface area contributed by atoms with Crippen LogP contribution in [0.2, 0.25) is 5.02 Å². The molecule has 0 aliphatic carbocycles. The van der Waals surface area contributed by atoms with Crippen LogP contribution in [0.1, 0.15) is 49.1 Å². The topological polar surface area (TPSA) is 70.0 Å². The molecule has 0 spiro atoms. The van der Waals surface area contributed by atoms with Gasteiger partial charge >= 0.3 is 6.09 Å². The second-order valence-electron chi connectivity index (χ2n) is 9.41. The maximum Gasteiger partial charge on any atom is 0.410 e. The van der Waals surface area contributed by atoms with Gasteiger partial charge in [0.2, 0.25) is 0 Å². The predicted octanol–water partition coefficient (Wildman–Crippen LogP) is 6.15. The summed E-state index contributed by atoms with van der Waals surface area (Å²) in [7, 11) is 0. The monoisotopic (exact) mass is 481 g/mol. The van der Waals surface area contributed by atoms with Crippen LogP contribution in [0.5, 0.6) is 5.75 Å². The molecule has 0 aliphatic heterocycles. The second kappa shape index (κ2) is 11.4. The molecule has 2 N–H and O–H groups in total. The first kappa shape index (κ1) is 25.6. The van der Waals surface area contributed by atoms with Gasteiger partial charge in [-0.15, -0.1) is 0 Å². The van der Waals surface area contributed by atoms with E-state index in [2.05, 4.69) is 24.3 Å². The van der Waals surface area contributed by atoms with Gasteiger partial charge in [0.15, 0.2) is 0 Å². The number of aliphatic hydroxyl groups excluding tert-OH is 1. The molecule has 1 amide bonds. The standard InChI is InChI=1S/C28H32ClNO4/c1-28(2,3)34-27(33)30(19-26(32)23-5-4-6-24(29)18-23)16-15-20-7-9-21(10-8-20)17-22-11-13-25(31)14-12-22/h4-14,18,26,31-32H,15-17,19H2,1-3H3. The van der Waals surface area contributed by atoms with Crippen LogP contribution >= 0.6 is 11.6 Å². The minimum Gasteiger partial charge on any atom is -0.508 e. The second-order valence-corrected chi connectivity index (χ2v) is 9.84. The number of amides is 1. The van der Waals surface area contributed by atoms with Crippen molar-refractivity contribution >= 4 is 17.7 Å². The van der Waals surface area contributed by atoms with Crippen LogP contribution in [0, 0.1) is 0 Å². The van der Waals surface area contributed by atoms with Crippen molar-refractivity contribution in [3.63, 3.8) is 0 Å². The maximum atomic E-state index is 12.8. The molecular weight excluding hydrogens is 450 g/mol. The van der Waals surface area contributed by atoms with E-state index in [9.17, 15) is 15.0 Å². The number of benzene rings is 3. The summed E-state index contributed by atoms with van der Waals surface area (Å²) in [6.07, 6.45) is 0.0636. The zero-order valence-electron chi connectivity index (χ0n) is 19.9. The van der Waals surface area contributed by atoms with Gasteiger partial charge < -0.3 is 19.8 Å². The number of ether oxygens (including phenoxy) is 1. The lowest BCUT2D eigenvalue weighted by Gasteiger charge is -2.29. The van der Waals surface area contributed by atoms with E-state index in [4.69, 9.17) is 16.3 Å². The smallest absolute Gasteiger partial charge is 0.410 e. The molecule has 6 heteroatoms. The van der Waals surface area contributed by atoms with Crippen molar-refractivity contribution in [1.29, 1.82) is 0 Å². The number of nitrogens with zero attached hydrogens (tertiary/aromatic N) is 1. The number of phenols is 1. The molecule has 0 bridgehead atoms. The van der Waals surface area contributed by atoms with Crippen LogP contribution in [0.25, 0.3) is 0 Å². The molecule has 180 valence electrons. The van der Waals surface area contributed by atoms with Gasteiger partial charge in [-0.05, 0) is 80.1 Å². The molecule has 0 radical (unpaired) electrons. The van der Waals surface area contributed by atoms with Gasteiger partial charge in [0.05, 0.1) is 12.6 Å². The molecule has 0 saturated carbocycles. The van der Waals surface area contributed by atoms with Crippen molar-refractivity contribution in [2.75, 3.05) is 13.1 Å². The zero-order valence-corrected chi connectivity index (χ0v) is 20.6. The highest BCUT2D eigenvalue weighted by atomic mass is 35.5. The third kappa shape index (κ3) is 8.08. The summed E-state index contributed by atoms with van der Waals surface area (Å²) in [5.41, 5.74) is 3.39. The Morgan fingerprint density at radius 2 is 1.56 bits per heavy atom. The molecule has 3 aromatic rings. The fraction of sp³-hybridized carbons (Fsp3) is 0.321. The number of aliphatic hydroxyl groups is 1. The van der Waals surface area contributed by atoms with E-state index < -0.39 is 17.8 Å². The lowest BCUT2D eigenvalue weighted by Crippen LogP contribution is -2.40. The predicted molar refractivity (Wildman–Crippen MR) is 135 cm³/mol. The van der Waals surface area contributed by atoms with Gasteiger partial charge in [-0.25, -0.2) is 4.79 Å². The highest BCUT2D eigenvalue weighted by molar-refractivity contribution is 6.30. The van der Waals surface area contributed by atoms with E-state index in [1.54, 1.807) is 41.3 Å². The number of carbonyl (C=O) groups is 1. The molecule has 0 fully saturated rings. The summed E-state index contributed by atoms with van der Waals surface area (Å²) >= 11 is 6.06. The van der Waals surface area contributed by atoms with Crippen LogP contribution < -0.4 is 0 Å². The van der Waals surface area contributed by atoms with E-state index in [0.717, 1.165) is 23.1 Å². The largest absolute Gasteiger partial charge is 0.508 e. The molecule has 0 aromatic heterocycles. The molecule has 34 heavy (non-hydrogen) atoms. The molecule has 5 nitrogen and oxygen atoms in total. The number of aromatic hydroxyl groups is 1. The third-order valence-electron chi connectivity index (χ3n) is 5.32. The van der Waals surface area contributed by atoms with E-state index in [1.807, 2.05) is 32.9 Å². The number of rotatable bonds is 8. The van der Waals surface area contributed by atoms with Gasteiger partial charge in [0, 0.05) is 11.6 Å². The molecule has 3 rings (SSSR count). The summed E-state index contributed by atoms with van der Waals surface area (Å²) in [5.74, 6) is 0.258. The molecule has 0 aliphatic rings. The van der Waals surface area contributed by atoms with Crippen molar-refractivity contribution in [3.05, 3.63) is 100 Å². The van der Waals surface area contributed by atoms with Crippen molar-refractivity contribution in [1.82, 2.24) is 4.90 Å². The van der Waals surface area contributed by atoms with Gasteiger partial charge in [0.1, 0.15) is 11.4 Å². The van der Waals surface area contributed by atoms with Crippen molar-refractivity contribution in [2.24, 2.45) is 0 Å². The van der Waals surface area contributed by atoms with Crippen LogP contribution in [0.3, 0.4) is 0 Å². The average molecular weight is 482 g/mol. The Morgan fingerprint density at radius 1 is 0.971 bits per heavy atom. The Labute approximate surface area is 206 Å². The molecule has 3 aromatic carbocycles. The summed E-state index contributed by atoms with van der Waals surface area (Å²) in [6, 6.07) is 22.4. The zero-order chi connectivity index (χ0) is 24.7. The SMILES string of the molecule is CC(C)(C)OC(=O)N(CCc1ccc(Cc2ccc(O)cc2)cc1)CC(O)c1cccc(Cl)c1. The first-order chi connectivity index (χ1) is 16.1. The van der Waals surface area contributed by atoms with Gasteiger partial charge in [0.25, 0.3) is 0 Å². The summed E-state index contributed by atoms with van der Waals surface area (Å²) < 4.78 is 5.57. The Hall–Kier alpha value is -3.02. The Balaban J connectivity index is 1.65. The first-order valence-corrected chi connectivity index (χ1v) is 11.7. The van der Waals surface area contributed by atoms with Crippen LogP contribution in [-0.4, -0.2) is 39.9 Å². The van der Waals surface area contributed by atoms with Crippen molar-refractivity contribution in [2.45, 2.75) is 45.3 Å². The minimum absolute atomic E-state index is 0.105. The minimum atomic E-state index is -0.876. The Kier molecular flexibility index (Phi) is 8.59. The van der Waals surface area contributed by atoms with Gasteiger partial charge in [-0.1, -0.05) is 60.1 Å². The van der Waals surface area contributed by atoms with Crippen LogP contribution in [0.4, 0.5) is 4.79 Å². The highest BCUT2D eigenvalue weighted by Gasteiger charge is 2.24. The maximum absolute atomic E-state index is 12.8. The Bertz CT molecular complexity index is 1070. The lowest BCUT2D eigenvalue weighted by atomic mass is 10.0. The van der Waals surface area contributed by atoms with Gasteiger partial charge in [-0.2, -0.15) is 0 Å². The fourth-order valence-corrected chi connectivity index (χ4v) is 3.75. The van der Waals surface area contributed by atoms with E-state index in [0.29, 0.717) is 23.6 Å². The number of hydrogen-bond acceptors (Lipinski definition) is 4. The van der Waals surface area contributed by atoms with Crippen molar-refractivity contribution < 1.29 is 19.7 Å². The quantitative estimate of drug-likeness (QED) is 0.405. The van der Waals surface area contributed by atoms with E-state index in [1.165, 1.54) is 0 Å². The number of halogens is 1. The molecule has 1 unspecified atom stereocenters. The molecule has 0 saturated heterocycles. The summed E-state index contributed by atoms with van der Waals surface area (Å²) in [5, 5.41) is 20.7. The number of phenolic OH excluding ortho intramolecular Hbond substituents is 1. The molecular formula is C28H32ClNO4. The fourth-order valence-electron chi connectivity index (χ4n) is 3.55. The lowest BCUT2D eigenvalue weighted by molar-refractivity contribution is 0.0147. The van der Waals surface area contributed by atoms with E-state index in [-0.39, 0.29) is 12.3 Å². The van der Waals surface area contributed by atoms with Crippen LogP contribution in [0.15, 0.2) is 72.8 Å². The summed E-state index contributed by atoms with van der Waals surface area (Å²) in [4.78, 5) is 14.4. The first-order valence-electron chi connectivity index (χ1n) is 11.4. The van der Waals surface area contributed by atoms with E-state index >= 15 is 0 Å². The summed E-state index contributed by atoms with van der Waals surface area (Å²) in [6.45, 7) is 5.98. The average Bonchev–Trinajstić information content (AvgIpc) is 2.78. The molecule has 1 atom stereocenters.